The maximum atomic E-state index is 2.41. The molecule has 5 rings (SSSR count). The summed E-state index contributed by atoms with van der Waals surface area (Å²) in [6.07, 6.45) is 12.8. The zero-order valence-corrected chi connectivity index (χ0v) is 19.0. The largest absolute Gasteiger partial charge is 1.00 e. The van der Waals surface area contributed by atoms with Crippen LogP contribution >= 0.6 is 0 Å². The van der Waals surface area contributed by atoms with Gasteiger partial charge in [0.25, 0.3) is 0 Å². The van der Waals surface area contributed by atoms with E-state index in [0.717, 1.165) is 0 Å². The molecule has 0 bridgehead atoms. The van der Waals surface area contributed by atoms with Crippen molar-refractivity contribution in [2.45, 2.75) is 17.0 Å². The minimum atomic E-state index is -0.727. The molecule has 2 aliphatic rings. The Morgan fingerprint density at radius 3 is 2.26 bits per heavy atom. The standard InChI is InChI=1S/C17H12N.C6H7.2ClH.Zr/c1-2-6-14-10-17(9-13(14)5-1)18-11-15-7-3-4-8-16(15)12-18;1-6-4-2-3-5-6;;;/h1-12H;2,4H,3H2,1H3;2*1H;/q;;;;+2/p-2. The summed E-state index contributed by atoms with van der Waals surface area (Å²) in [5.41, 5.74) is 5.93. The van der Waals surface area contributed by atoms with Crippen LogP contribution in [0.25, 0.3) is 22.5 Å². The third kappa shape index (κ3) is 3.68. The first-order valence-corrected chi connectivity index (χ1v) is 11.4. The molecule has 1 heterocycles. The molecule has 3 aromatic rings. The van der Waals surface area contributed by atoms with Crippen LogP contribution in [0, 0.1) is 0 Å². The van der Waals surface area contributed by atoms with Gasteiger partial charge in [0.1, 0.15) is 0 Å². The van der Waals surface area contributed by atoms with Crippen molar-refractivity contribution in [2.24, 2.45) is 0 Å². The van der Waals surface area contributed by atoms with Gasteiger partial charge in [-0.1, -0.05) is 0 Å². The Bertz CT molecular complexity index is 1040. The van der Waals surface area contributed by atoms with E-state index >= 15 is 0 Å². The van der Waals surface area contributed by atoms with Crippen LogP contribution in [0.2, 0.25) is 0 Å². The normalized spacial score (nSPS) is 17.2. The van der Waals surface area contributed by atoms with E-state index in [1.165, 1.54) is 39.6 Å². The van der Waals surface area contributed by atoms with Crippen molar-refractivity contribution in [3.05, 3.63) is 93.1 Å². The molecule has 1 aromatic heterocycles. The van der Waals surface area contributed by atoms with Crippen molar-refractivity contribution >= 4 is 22.5 Å². The second-order valence-electron chi connectivity index (χ2n) is 6.84. The Labute approximate surface area is 184 Å². The van der Waals surface area contributed by atoms with Crippen molar-refractivity contribution in [3.8, 4) is 0 Å². The minimum absolute atomic E-state index is 0. The number of halogens is 2. The molecule has 0 fully saturated rings. The number of benzene rings is 2. The third-order valence-corrected chi connectivity index (χ3v) is 9.77. The number of allylic oxidation sites excluding steroid dienone is 5. The van der Waals surface area contributed by atoms with Gasteiger partial charge in [-0.05, 0) is 0 Å². The van der Waals surface area contributed by atoms with E-state index in [4.69, 9.17) is 0 Å². The molecule has 0 N–H and O–H groups in total. The van der Waals surface area contributed by atoms with Crippen LogP contribution in [0.15, 0.2) is 81.9 Å². The topological polar surface area (TPSA) is 4.93 Å². The minimum Gasteiger partial charge on any atom is -1.00 e. The summed E-state index contributed by atoms with van der Waals surface area (Å²) in [6, 6.07) is 17.6. The Kier molecular flexibility index (Phi) is 6.31. The molecule has 0 amide bonds. The molecule has 0 saturated heterocycles. The summed E-state index contributed by atoms with van der Waals surface area (Å²) in [6.45, 7) is 2.29. The molecule has 27 heavy (non-hydrogen) atoms. The number of rotatable bonds is 3. The van der Waals surface area contributed by atoms with Crippen LogP contribution < -0.4 is 24.8 Å². The first-order valence-electron chi connectivity index (χ1n) is 8.80. The van der Waals surface area contributed by atoms with E-state index in [1.807, 2.05) is 0 Å². The van der Waals surface area contributed by atoms with E-state index < -0.39 is 23.2 Å². The molecule has 0 radical (unpaired) electrons. The summed E-state index contributed by atoms with van der Waals surface area (Å²) >= 11 is -0.727. The first-order chi connectivity index (χ1) is 12.3. The van der Waals surface area contributed by atoms with Gasteiger partial charge in [-0.3, -0.25) is 0 Å². The molecule has 4 heteroatoms. The van der Waals surface area contributed by atoms with E-state index in [2.05, 4.69) is 90.6 Å². The fourth-order valence-corrected chi connectivity index (χ4v) is 8.04. The van der Waals surface area contributed by atoms with Gasteiger partial charge >= 0.3 is 160 Å². The first kappa shape index (κ1) is 20.4. The molecule has 134 valence electrons. The average Bonchev–Trinajstić information content (AvgIpc) is 3.33. The van der Waals surface area contributed by atoms with E-state index in [1.54, 1.807) is 3.28 Å². The molecule has 0 spiro atoms. The number of nitrogens with zero attached hydrogens (tertiary/aromatic N) is 1. The van der Waals surface area contributed by atoms with E-state index in [-0.39, 0.29) is 24.8 Å². The molecular weight excluding hydrogens is 452 g/mol. The van der Waals surface area contributed by atoms with Gasteiger partial charge in [0.15, 0.2) is 0 Å². The van der Waals surface area contributed by atoms with Gasteiger partial charge < -0.3 is 24.8 Å². The van der Waals surface area contributed by atoms with Crippen LogP contribution in [0.5, 0.6) is 0 Å². The maximum absolute atomic E-state index is 2.41. The summed E-state index contributed by atoms with van der Waals surface area (Å²) in [7, 11) is 0. The van der Waals surface area contributed by atoms with Gasteiger partial charge in [0, 0.05) is 0 Å². The maximum Gasteiger partial charge on any atom is -1.00 e. The predicted molar refractivity (Wildman–Crippen MR) is 102 cm³/mol. The predicted octanol–water partition coefficient (Wildman–Crippen LogP) is 0.0185. The zero-order chi connectivity index (χ0) is 16.8. The van der Waals surface area contributed by atoms with Crippen LogP contribution in [0.3, 0.4) is 0 Å². The Hall–Kier alpha value is -1.34. The molecule has 1 nitrogen and oxygen atoms in total. The molecule has 1 atom stereocenters. The molecule has 0 saturated carbocycles. The van der Waals surface area contributed by atoms with Gasteiger partial charge in [-0.25, -0.2) is 0 Å². The van der Waals surface area contributed by atoms with Crippen LogP contribution in [-0.4, -0.2) is 4.57 Å². The van der Waals surface area contributed by atoms with Gasteiger partial charge in [-0.2, -0.15) is 0 Å². The summed E-state index contributed by atoms with van der Waals surface area (Å²) in [4.78, 5) is 0. The molecule has 1 unspecified atom stereocenters. The third-order valence-electron chi connectivity index (χ3n) is 5.24. The van der Waals surface area contributed by atoms with Crippen molar-refractivity contribution in [1.29, 1.82) is 0 Å². The average molecular weight is 472 g/mol. The molecule has 2 aliphatic carbocycles. The number of fused-ring (bicyclic) bond motifs is 2. The number of hydrogen-bond acceptors (Lipinski definition) is 0. The summed E-state index contributed by atoms with van der Waals surface area (Å²) < 4.78 is 4.73. The van der Waals surface area contributed by atoms with Crippen molar-refractivity contribution in [2.75, 3.05) is 0 Å². The van der Waals surface area contributed by atoms with Crippen molar-refractivity contribution in [1.82, 2.24) is 4.57 Å². The van der Waals surface area contributed by atoms with Gasteiger partial charge in [-0.15, -0.1) is 0 Å². The fraction of sp³-hybridized carbons (Fsp3) is 0.130. The summed E-state index contributed by atoms with van der Waals surface area (Å²) in [5, 5.41) is 2.64. The van der Waals surface area contributed by atoms with Gasteiger partial charge in [0.05, 0.1) is 0 Å². The monoisotopic (exact) mass is 469 g/mol. The van der Waals surface area contributed by atoms with Gasteiger partial charge in [0.2, 0.25) is 0 Å². The van der Waals surface area contributed by atoms with Crippen LogP contribution in [0.4, 0.5) is 0 Å². The molecule has 2 aromatic carbocycles. The van der Waals surface area contributed by atoms with E-state index in [9.17, 15) is 0 Å². The number of hydrogen-bond donors (Lipinski definition) is 0. The Balaban J connectivity index is 0.00000105. The SMILES string of the molecule is CC1=[C]([Zr+2][CH]2C(n3cc4ccccc4c3)=Cc3ccccc32)CC=C1.[Cl-].[Cl-]. The zero-order valence-electron chi connectivity index (χ0n) is 15.0. The quantitative estimate of drug-likeness (QED) is 0.508. The fourth-order valence-electron chi connectivity index (χ4n) is 3.88. The summed E-state index contributed by atoms with van der Waals surface area (Å²) in [5.74, 6) is 0. The second kappa shape index (κ2) is 8.35. The van der Waals surface area contributed by atoms with Crippen LogP contribution in [-0.2, 0) is 23.2 Å². The van der Waals surface area contributed by atoms with E-state index in [0.29, 0.717) is 3.63 Å². The smallest absolute Gasteiger partial charge is 1.00 e. The Morgan fingerprint density at radius 1 is 0.926 bits per heavy atom. The number of aromatic nitrogens is 1. The second-order valence-corrected chi connectivity index (χ2v) is 10.5. The van der Waals surface area contributed by atoms with Crippen LogP contribution in [0.1, 0.15) is 28.1 Å². The Morgan fingerprint density at radius 2 is 1.59 bits per heavy atom. The molecule has 0 aliphatic heterocycles. The molecular formula is C23H19Cl2NZr. The van der Waals surface area contributed by atoms with Crippen molar-refractivity contribution in [3.63, 3.8) is 0 Å². The van der Waals surface area contributed by atoms with Crippen molar-refractivity contribution < 1.29 is 48.0 Å².